The van der Waals surface area contributed by atoms with Crippen LogP contribution in [-0.2, 0) is 5.41 Å². The van der Waals surface area contributed by atoms with E-state index in [0.29, 0.717) is 5.41 Å². The topological polar surface area (TPSA) is 43.1 Å². The zero-order valence-corrected chi connectivity index (χ0v) is 15.3. The van der Waals surface area contributed by atoms with E-state index in [-0.39, 0.29) is 0 Å². The first kappa shape index (κ1) is 14.4. The Morgan fingerprint density at radius 1 is 0.960 bits per heavy atom. The minimum Gasteiger partial charge on any atom is -0.183 e. The van der Waals surface area contributed by atoms with E-state index < -0.39 is 0 Å². The molecule has 25 heavy (non-hydrogen) atoms. The van der Waals surface area contributed by atoms with Crippen molar-refractivity contribution in [3.05, 3.63) is 34.8 Å². The summed E-state index contributed by atoms with van der Waals surface area (Å²) in [7, 11) is 0. The standard InChI is InChI=1S/C20H22N4S/c1-12-2-4-16(5-3-12)17-21-22-19-24(17)23-18(25-19)20-9-13-6-14(10-20)8-15(7-13)11-20/h2-5,13-15H,6-11H2,1H3. The van der Waals surface area contributed by atoms with Crippen LogP contribution in [0.4, 0.5) is 0 Å². The average molecular weight is 350 g/mol. The summed E-state index contributed by atoms with van der Waals surface area (Å²) in [5.74, 6) is 3.70. The smallest absolute Gasteiger partial charge is 0.183 e. The molecule has 7 rings (SSSR count). The molecule has 5 heteroatoms. The van der Waals surface area contributed by atoms with Gasteiger partial charge in [-0.1, -0.05) is 41.2 Å². The molecule has 4 aliphatic carbocycles. The molecule has 0 spiro atoms. The van der Waals surface area contributed by atoms with E-state index in [1.54, 1.807) is 11.3 Å². The molecule has 4 saturated carbocycles. The number of fused-ring (bicyclic) bond motifs is 1. The molecule has 4 aliphatic rings. The highest BCUT2D eigenvalue weighted by Crippen LogP contribution is 2.61. The highest BCUT2D eigenvalue weighted by atomic mass is 32.1. The van der Waals surface area contributed by atoms with Gasteiger partial charge in [-0.2, -0.15) is 9.61 Å². The Morgan fingerprint density at radius 2 is 1.60 bits per heavy atom. The Kier molecular flexibility index (Phi) is 2.83. The Balaban J connectivity index is 1.45. The average Bonchev–Trinajstić information content (AvgIpc) is 3.15. The fraction of sp³-hybridized carbons (Fsp3) is 0.550. The largest absolute Gasteiger partial charge is 0.234 e. The summed E-state index contributed by atoms with van der Waals surface area (Å²) in [4.78, 5) is 0.946. The van der Waals surface area contributed by atoms with Gasteiger partial charge in [-0.3, -0.25) is 0 Å². The minimum atomic E-state index is 0.338. The molecular weight excluding hydrogens is 328 g/mol. The van der Waals surface area contributed by atoms with E-state index in [0.717, 1.165) is 34.1 Å². The Labute approximate surface area is 151 Å². The summed E-state index contributed by atoms with van der Waals surface area (Å²) >= 11 is 1.78. The number of nitrogens with zero attached hydrogens (tertiary/aromatic N) is 4. The van der Waals surface area contributed by atoms with Crippen molar-refractivity contribution < 1.29 is 0 Å². The lowest BCUT2D eigenvalue weighted by molar-refractivity contribution is -0.00565. The van der Waals surface area contributed by atoms with Gasteiger partial charge in [0.1, 0.15) is 5.01 Å². The molecule has 0 unspecified atom stereocenters. The summed E-state index contributed by atoms with van der Waals surface area (Å²) in [6, 6.07) is 8.50. The summed E-state index contributed by atoms with van der Waals surface area (Å²) in [5, 5.41) is 15.2. The molecule has 4 nitrogen and oxygen atoms in total. The van der Waals surface area contributed by atoms with Crippen LogP contribution in [0.15, 0.2) is 24.3 Å². The summed E-state index contributed by atoms with van der Waals surface area (Å²) in [5.41, 5.74) is 2.70. The summed E-state index contributed by atoms with van der Waals surface area (Å²) in [6.07, 6.45) is 8.46. The fourth-order valence-electron chi connectivity index (χ4n) is 6.09. The number of hydrogen-bond donors (Lipinski definition) is 0. The van der Waals surface area contributed by atoms with Crippen molar-refractivity contribution in [3.8, 4) is 11.4 Å². The lowest BCUT2D eigenvalue weighted by Crippen LogP contribution is -2.48. The second kappa shape index (κ2) is 4.91. The van der Waals surface area contributed by atoms with Crippen LogP contribution in [0.3, 0.4) is 0 Å². The number of benzene rings is 1. The molecule has 128 valence electrons. The fourth-order valence-corrected chi connectivity index (χ4v) is 7.14. The molecule has 4 bridgehead atoms. The quantitative estimate of drug-likeness (QED) is 0.677. The molecule has 1 aromatic carbocycles. The van der Waals surface area contributed by atoms with Gasteiger partial charge in [0.05, 0.1) is 0 Å². The number of rotatable bonds is 2. The zero-order chi connectivity index (χ0) is 16.6. The van der Waals surface area contributed by atoms with Crippen molar-refractivity contribution in [2.75, 3.05) is 0 Å². The van der Waals surface area contributed by atoms with Crippen LogP contribution in [0.1, 0.15) is 49.1 Å². The lowest BCUT2D eigenvalue weighted by atomic mass is 9.50. The maximum absolute atomic E-state index is 5.07. The van der Waals surface area contributed by atoms with E-state index in [1.807, 2.05) is 4.52 Å². The molecule has 2 aromatic heterocycles. The highest BCUT2D eigenvalue weighted by Gasteiger charge is 2.53. The van der Waals surface area contributed by atoms with Gasteiger partial charge in [-0.15, -0.1) is 10.2 Å². The SMILES string of the molecule is Cc1ccc(-c2nnc3sc(C45CC6CC(CC(C6)C4)C5)nn23)cc1. The van der Waals surface area contributed by atoms with Gasteiger partial charge in [0, 0.05) is 11.0 Å². The molecule has 0 amide bonds. The summed E-state index contributed by atoms with van der Waals surface area (Å²) in [6.45, 7) is 2.11. The zero-order valence-electron chi connectivity index (χ0n) is 14.5. The van der Waals surface area contributed by atoms with Gasteiger partial charge in [0.15, 0.2) is 5.82 Å². The van der Waals surface area contributed by atoms with Crippen LogP contribution in [0, 0.1) is 24.7 Å². The molecular formula is C20H22N4S. The second-order valence-electron chi connectivity index (χ2n) is 8.69. The molecule has 0 saturated heterocycles. The predicted octanol–water partition coefficient (Wildman–Crippen LogP) is 4.63. The van der Waals surface area contributed by atoms with Crippen molar-refractivity contribution >= 4 is 16.3 Å². The maximum Gasteiger partial charge on any atom is 0.234 e. The Hall–Kier alpha value is -1.75. The van der Waals surface area contributed by atoms with Crippen molar-refractivity contribution in [1.29, 1.82) is 0 Å². The van der Waals surface area contributed by atoms with Crippen LogP contribution in [0.5, 0.6) is 0 Å². The van der Waals surface area contributed by atoms with Gasteiger partial charge < -0.3 is 0 Å². The van der Waals surface area contributed by atoms with E-state index in [9.17, 15) is 0 Å². The summed E-state index contributed by atoms with van der Waals surface area (Å²) < 4.78 is 1.99. The molecule has 3 aromatic rings. The third-order valence-corrected chi connectivity index (χ3v) is 7.94. The molecule has 0 N–H and O–H groups in total. The molecule has 4 fully saturated rings. The van der Waals surface area contributed by atoms with Gasteiger partial charge in [0.25, 0.3) is 0 Å². The second-order valence-corrected chi connectivity index (χ2v) is 9.65. The molecule has 0 aliphatic heterocycles. The highest BCUT2D eigenvalue weighted by molar-refractivity contribution is 7.16. The molecule has 0 radical (unpaired) electrons. The Bertz CT molecular complexity index is 917. The van der Waals surface area contributed by atoms with Gasteiger partial charge in [-0.25, -0.2) is 0 Å². The first-order valence-corrected chi connectivity index (χ1v) is 10.3. The first-order chi connectivity index (χ1) is 12.2. The van der Waals surface area contributed by atoms with E-state index >= 15 is 0 Å². The van der Waals surface area contributed by atoms with Gasteiger partial charge >= 0.3 is 0 Å². The molecule has 2 heterocycles. The van der Waals surface area contributed by atoms with Crippen LogP contribution < -0.4 is 0 Å². The van der Waals surface area contributed by atoms with Crippen molar-refractivity contribution in [2.24, 2.45) is 17.8 Å². The van der Waals surface area contributed by atoms with Crippen LogP contribution in [0.2, 0.25) is 0 Å². The van der Waals surface area contributed by atoms with Crippen molar-refractivity contribution in [3.63, 3.8) is 0 Å². The number of aromatic nitrogens is 4. The number of aryl methyl sites for hydroxylation is 1. The third-order valence-electron chi connectivity index (χ3n) is 6.79. The maximum atomic E-state index is 5.07. The normalized spacial score (nSPS) is 33.4. The van der Waals surface area contributed by atoms with Gasteiger partial charge in [0.2, 0.25) is 4.96 Å². The first-order valence-electron chi connectivity index (χ1n) is 9.48. The van der Waals surface area contributed by atoms with Gasteiger partial charge in [-0.05, 0) is 63.2 Å². The van der Waals surface area contributed by atoms with E-state index in [1.165, 1.54) is 49.1 Å². The van der Waals surface area contributed by atoms with Crippen LogP contribution in [-0.4, -0.2) is 19.8 Å². The lowest BCUT2D eigenvalue weighted by Gasteiger charge is -2.55. The van der Waals surface area contributed by atoms with Crippen LogP contribution in [0.25, 0.3) is 16.3 Å². The van der Waals surface area contributed by atoms with Crippen molar-refractivity contribution in [2.45, 2.75) is 50.9 Å². The minimum absolute atomic E-state index is 0.338. The molecule has 0 atom stereocenters. The van der Waals surface area contributed by atoms with E-state index in [4.69, 9.17) is 5.10 Å². The third kappa shape index (κ3) is 2.08. The number of hydrogen-bond acceptors (Lipinski definition) is 4. The van der Waals surface area contributed by atoms with Crippen molar-refractivity contribution in [1.82, 2.24) is 19.8 Å². The predicted molar refractivity (Wildman–Crippen MR) is 98.7 cm³/mol. The monoisotopic (exact) mass is 350 g/mol. The van der Waals surface area contributed by atoms with E-state index in [2.05, 4.69) is 41.4 Å². The van der Waals surface area contributed by atoms with Crippen LogP contribution >= 0.6 is 11.3 Å². The Morgan fingerprint density at radius 3 is 2.24 bits per heavy atom.